The minimum Gasteiger partial charge on any atom is -0.495 e. The third-order valence-electron chi connectivity index (χ3n) is 4.98. The zero-order valence-electron chi connectivity index (χ0n) is 15.7. The van der Waals surface area contributed by atoms with Gasteiger partial charge in [-0.15, -0.1) is 0 Å². The van der Waals surface area contributed by atoms with E-state index in [0.29, 0.717) is 24.0 Å². The Bertz CT molecular complexity index is 762. The van der Waals surface area contributed by atoms with Gasteiger partial charge in [-0.2, -0.15) is 0 Å². The van der Waals surface area contributed by atoms with Gasteiger partial charge < -0.3 is 15.0 Å². The van der Waals surface area contributed by atoms with Crippen molar-refractivity contribution in [2.24, 2.45) is 0 Å². The molecule has 138 valence electrons. The van der Waals surface area contributed by atoms with Gasteiger partial charge in [-0.1, -0.05) is 37.3 Å². The van der Waals surface area contributed by atoms with Gasteiger partial charge in [0.15, 0.2) is 0 Å². The predicted molar refractivity (Wildman–Crippen MR) is 106 cm³/mol. The number of hydrogen-bond donors (Lipinski definition) is 1. The van der Waals surface area contributed by atoms with E-state index in [1.165, 1.54) is 11.3 Å². The van der Waals surface area contributed by atoms with Gasteiger partial charge in [-0.05, 0) is 30.2 Å². The smallest absolute Gasteiger partial charge is 0.238 e. The molecule has 0 radical (unpaired) electrons. The number of likely N-dealkylation sites (N-methyl/N-ethyl adjacent to an activating group) is 1. The highest BCUT2D eigenvalue weighted by Gasteiger charge is 2.26. The fraction of sp³-hybridized carbons (Fsp3) is 0.381. The first-order valence-corrected chi connectivity index (χ1v) is 9.08. The minimum atomic E-state index is -0.0185. The molecule has 1 aliphatic heterocycles. The second kappa shape index (κ2) is 8.23. The Balaban J connectivity index is 1.75. The van der Waals surface area contributed by atoms with Crippen molar-refractivity contribution in [2.45, 2.75) is 25.9 Å². The molecule has 1 unspecified atom stereocenters. The molecule has 0 saturated carbocycles. The van der Waals surface area contributed by atoms with E-state index in [1.54, 1.807) is 7.11 Å². The normalized spacial score (nSPS) is 17.3. The summed E-state index contributed by atoms with van der Waals surface area (Å²) in [4.78, 5) is 17.3. The SMILES string of the molecule is CCC1CN(C)c2ccccc2CN1CC(=O)Nc1ccccc1OC. The fourth-order valence-electron chi connectivity index (χ4n) is 3.59. The summed E-state index contributed by atoms with van der Waals surface area (Å²) in [6, 6.07) is 16.3. The number of benzene rings is 2. The molecule has 2 aromatic rings. The Morgan fingerprint density at radius 1 is 1.19 bits per heavy atom. The maximum atomic E-state index is 12.7. The van der Waals surface area contributed by atoms with Crippen LogP contribution < -0.4 is 15.0 Å². The van der Waals surface area contributed by atoms with Crippen molar-refractivity contribution in [3.8, 4) is 5.75 Å². The number of carbonyl (C=O) groups excluding carboxylic acids is 1. The van der Waals surface area contributed by atoms with E-state index in [2.05, 4.69) is 53.4 Å². The molecule has 26 heavy (non-hydrogen) atoms. The first-order valence-electron chi connectivity index (χ1n) is 9.08. The van der Waals surface area contributed by atoms with Gasteiger partial charge in [0, 0.05) is 31.9 Å². The van der Waals surface area contributed by atoms with Crippen LogP contribution in [0.4, 0.5) is 11.4 Å². The molecule has 1 atom stereocenters. The molecule has 2 aromatic carbocycles. The van der Waals surface area contributed by atoms with Crippen molar-refractivity contribution >= 4 is 17.3 Å². The topological polar surface area (TPSA) is 44.8 Å². The standard InChI is InChI=1S/C21H27N3O2/c1-4-17-14-23(2)19-11-7-5-9-16(19)13-24(17)15-21(25)22-18-10-6-8-12-20(18)26-3/h5-12,17H,4,13-15H2,1-3H3,(H,22,25). The first kappa shape index (κ1) is 18.3. The molecule has 1 heterocycles. The van der Waals surface area contributed by atoms with Crippen molar-refractivity contribution in [3.63, 3.8) is 0 Å². The predicted octanol–water partition coefficient (Wildman–Crippen LogP) is 3.36. The minimum absolute atomic E-state index is 0.0185. The first-order chi connectivity index (χ1) is 12.6. The van der Waals surface area contributed by atoms with Gasteiger partial charge in [0.2, 0.25) is 5.91 Å². The molecule has 3 rings (SSSR count). The third-order valence-corrected chi connectivity index (χ3v) is 4.98. The molecular weight excluding hydrogens is 326 g/mol. The Morgan fingerprint density at radius 3 is 2.69 bits per heavy atom. The molecule has 0 aliphatic carbocycles. The number of ether oxygens (including phenoxy) is 1. The van der Waals surface area contributed by atoms with E-state index in [0.717, 1.165) is 19.5 Å². The van der Waals surface area contributed by atoms with Crippen LogP contribution in [0.25, 0.3) is 0 Å². The van der Waals surface area contributed by atoms with Gasteiger partial charge in [0.1, 0.15) is 5.75 Å². The second-order valence-corrected chi connectivity index (χ2v) is 6.72. The third kappa shape index (κ3) is 3.99. The molecule has 0 fully saturated rings. The van der Waals surface area contributed by atoms with Crippen LogP contribution in [-0.2, 0) is 11.3 Å². The number of nitrogens with zero attached hydrogens (tertiary/aromatic N) is 2. The van der Waals surface area contributed by atoms with E-state index in [1.807, 2.05) is 24.3 Å². The van der Waals surface area contributed by atoms with Crippen LogP contribution in [0.2, 0.25) is 0 Å². The summed E-state index contributed by atoms with van der Waals surface area (Å²) in [6.45, 7) is 4.23. The lowest BCUT2D eigenvalue weighted by molar-refractivity contribution is -0.118. The average Bonchev–Trinajstić information content (AvgIpc) is 2.78. The van der Waals surface area contributed by atoms with Crippen molar-refractivity contribution in [2.75, 3.05) is 37.5 Å². The summed E-state index contributed by atoms with van der Waals surface area (Å²) in [5.41, 5.74) is 3.22. The Labute approximate surface area is 155 Å². The molecular formula is C21H27N3O2. The van der Waals surface area contributed by atoms with E-state index >= 15 is 0 Å². The molecule has 5 nitrogen and oxygen atoms in total. The lowest BCUT2D eigenvalue weighted by Gasteiger charge is -2.30. The summed E-state index contributed by atoms with van der Waals surface area (Å²) in [5.74, 6) is 0.656. The number of hydrogen-bond acceptors (Lipinski definition) is 4. The number of carbonyl (C=O) groups is 1. The zero-order chi connectivity index (χ0) is 18.5. The number of rotatable bonds is 5. The quantitative estimate of drug-likeness (QED) is 0.895. The lowest BCUT2D eigenvalue weighted by atomic mass is 10.1. The number of para-hydroxylation sites is 3. The van der Waals surface area contributed by atoms with Crippen molar-refractivity contribution in [3.05, 3.63) is 54.1 Å². The molecule has 1 aliphatic rings. The monoisotopic (exact) mass is 353 g/mol. The number of nitrogens with one attached hydrogen (secondary N) is 1. The van der Waals surface area contributed by atoms with Crippen LogP contribution in [0.15, 0.2) is 48.5 Å². The van der Waals surface area contributed by atoms with Gasteiger partial charge in [0.25, 0.3) is 0 Å². The van der Waals surface area contributed by atoms with Gasteiger partial charge >= 0.3 is 0 Å². The fourth-order valence-corrected chi connectivity index (χ4v) is 3.59. The van der Waals surface area contributed by atoms with E-state index < -0.39 is 0 Å². The van der Waals surface area contributed by atoms with Crippen LogP contribution in [0.1, 0.15) is 18.9 Å². The largest absolute Gasteiger partial charge is 0.495 e. The Morgan fingerprint density at radius 2 is 1.92 bits per heavy atom. The zero-order valence-corrected chi connectivity index (χ0v) is 15.7. The van der Waals surface area contributed by atoms with Crippen LogP contribution in [0.5, 0.6) is 5.75 Å². The summed E-state index contributed by atoms with van der Waals surface area (Å²) in [6.07, 6.45) is 1.00. The molecule has 1 amide bonds. The Hall–Kier alpha value is -2.53. The van der Waals surface area contributed by atoms with Crippen molar-refractivity contribution in [1.29, 1.82) is 0 Å². The van der Waals surface area contributed by atoms with Gasteiger partial charge in [-0.25, -0.2) is 0 Å². The molecule has 5 heteroatoms. The van der Waals surface area contributed by atoms with Gasteiger partial charge in [-0.3, -0.25) is 9.69 Å². The van der Waals surface area contributed by atoms with E-state index in [-0.39, 0.29) is 5.91 Å². The maximum absolute atomic E-state index is 12.7. The molecule has 1 N–H and O–H groups in total. The summed E-state index contributed by atoms with van der Waals surface area (Å²) >= 11 is 0. The summed E-state index contributed by atoms with van der Waals surface area (Å²) < 4.78 is 5.32. The Kier molecular flexibility index (Phi) is 5.78. The molecule has 0 bridgehead atoms. The molecule has 0 aromatic heterocycles. The lowest BCUT2D eigenvalue weighted by Crippen LogP contribution is -2.43. The van der Waals surface area contributed by atoms with Crippen molar-refractivity contribution in [1.82, 2.24) is 4.90 Å². The summed E-state index contributed by atoms with van der Waals surface area (Å²) in [7, 11) is 3.74. The van der Waals surface area contributed by atoms with Crippen LogP contribution in [0, 0.1) is 0 Å². The maximum Gasteiger partial charge on any atom is 0.238 e. The molecule has 0 saturated heterocycles. The van der Waals surface area contributed by atoms with E-state index in [4.69, 9.17) is 4.74 Å². The number of amides is 1. The number of fused-ring (bicyclic) bond motifs is 1. The van der Waals surface area contributed by atoms with Crippen molar-refractivity contribution < 1.29 is 9.53 Å². The number of methoxy groups -OCH3 is 1. The van der Waals surface area contributed by atoms with E-state index in [9.17, 15) is 4.79 Å². The highest BCUT2D eigenvalue weighted by atomic mass is 16.5. The highest BCUT2D eigenvalue weighted by Crippen LogP contribution is 2.27. The van der Waals surface area contributed by atoms with Crippen LogP contribution in [0.3, 0.4) is 0 Å². The van der Waals surface area contributed by atoms with Gasteiger partial charge in [0.05, 0.1) is 19.3 Å². The van der Waals surface area contributed by atoms with Crippen LogP contribution in [-0.4, -0.2) is 44.1 Å². The van der Waals surface area contributed by atoms with Crippen LogP contribution >= 0.6 is 0 Å². The average molecular weight is 353 g/mol. The second-order valence-electron chi connectivity index (χ2n) is 6.72. The molecule has 0 spiro atoms. The number of anilines is 2. The summed E-state index contributed by atoms with van der Waals surface area (Å²) in [5, 5.41) is 2.99. The highest BCUT2D eigenvalue weighted by molar-refractivity contribution is 5.93.